The number of fused-ring (bicyclic) bond motifs is 3. The average Bonchev–Trinajstić information content (AvgIpc) is 3.33. The van der Waals surface area contributed by atoms with E-state index in [4.69, 9.17) is 0 Å². The summed E-state index contributed by atoms with van der Waals surface area (Å²) in [5.41, 5.74) is 4.11. The van der Waals surface area contributed by atoms with E-state index < -0.39 is 0 Å². The molecular formula is C24H24N2O. The van der Waals surface area contributed by atoms with Crippen molar-refractivity contribution < 1.29 is 4.79 Å². The van der Waals surface area contributed by atoms with Crippen molar-refractivity contribution in [3.63, 3.8) is 0 Å². The number of nitrogens with one attached hydrogen (secondary N) is 1. The Morgan fingerprint density at radius 2 is 1.74 bits per heavy atom. The molecular weight excluding hydrogens is 332 g/mol. The fourth-order valence-corrected chi connectivity index (χ4v) is 5.27. The van der Waals surface area contributed by atoms with Crippen molar-refractivity contribution in [3.8, 4) is 0 Å². The third-order valence-electron chi connectivity index (χ3n) is 6.80. The lowest BCUT2D eigenvalue weighted by Crippen LogP contribution is -2.22. The molecule has 136 valence electrons. The molecule has 0 bridgehead atoms. The first kappa shape index (κ1) is 16.5. The highest BCUT2D eigenvalue weighted by Crippen LogP contribution is 2.66. The van der Waals surface area contributed by atoms with Crippen molar-refractivity contribution in [1.82, 2.24) is 5.43 Å². The van der Waals surface area contributed by atoms with E-state index in [1.54, 1.807) is 0 Å². The predicted octanol–water partition coefficient (Wildman–Crippen LogP) is 5.27. The predicted molar refractivity (Wildman–Crippen MR) is 111 cm³/mol. The highest BCUT2D eigenvalue weighted by Gasteiger charge is 2.64. The first-order chi connectivity index (χ1) is 13.2. The highest BCUT2D eigenvalue weighted by atomic mass is 16.2. The number of nitrogens with zero attached hydrogens (tertiary/aromatic N) is 1. The number of carbonyl (C=O) groups is 1. The Morgan fingerprint density at radius 1 is 1.07 bits per heavy atom. The number of rotatable bonds is 3. The molecule has 1 amide bonds. The molecule has 3 aromatic carbocycles. The van der Waals surface area contributed by atoms with E-state index >= 15 is 0 Å². The Morgan fingerprint density at radius 3 is 2.37 bits per heavy atom. The van der Waals surface area contributed by atoms with Crippen molar-refractivity contribution in [3.05, 3.63) is 60.2 Å². The molecule has 2 saturated carbocycles. The van der Waals surface area contributed by atoms with Gasteiger partial charge in [0.25, 0.3) is 0 Å². The second-order valence-electron chi connectivity index (χ2n) is 8.30. The molecule has 0 saturated heterocycles. The maximum Gasteiger partial charge on any atom is 0.244 e. The summed E-state index contributed by atoms with van der Waals surface area (Å²) in [7, 11) is 0. The van der Waals surface area contributed by atoms with E-state index in [0.29, 0.717) is 5.92 Å². The molecule has 0 aliphatic heterocycles. The summed E-state index contributed by atoms with van der Waals surface area (Å²) < 4.78 is 0. The van der Waals surface area contributed by atoms with Crippen LogP contribution in [0.2, 0.25) is 0 Å². The van der Waals surface area contributed by atoms with Crippen LogP contribution in [0.4, 0.5) is 0 Å². The second-order valence-corrected chi connectivity index (χ2v) is 8.30. The Bertz CT molecular complexity index is 1020. The fourth-order valence-electron chi connectivity index (χ4n) is 5.27. The smallest absolute Gasteiger partial charge is 0.244 e. The number of carbonyl (C=O) groups excluding carboxylic acids is 1. The molecule has 0 heterocycles. The van der Waals surface area contributed by atoms with Gasteiger partial charge in [0.2, 0.25) is 5.91 Å². The van der Waals surface area contributed by atoms with Crippen LogP contribution in [0, 0.1) is 17.3 Å². The van der Waals surface area contributed by atoms with Crippen LogP contribution in [0.25, 0.3) is 21.5 Å². The SMILES string of the molecule is C[C@]12CCCC[C@@H]1[C@@H]2C(=O)N/N=C\c1c2ccccc2cc2ccccc12. The number of hydrogen-bond donors (Lipinski definition) is 1. The first-order valence-corrected chi connectivity index (χ1v) is 9.92. The summed E-state index contributed by atoms with van der Waals surface area (Å²) in [6, 6.07) is 18.9. The Hall–Kier alpha value is -2.68. The van der Waals surface area contributed by atoms with Crippen LogP contribution < -0.4 is 5.43 Å². The molecule has 5 rings (SSSR count). The average molecular weight is 356 g/mol. The number of hydrazone groups is 1. The Kier molecular flexibility index (Phi) is 3.78. The lowest BCUT2D eigenvalue weighted by molar-refractivity contribution is -0.123. The topological polar surface area (TPSA) is 41.5 Å². The van der Waals surface area contributed by atoms with E-state index in [1.165, 1.54) is 36.5 Å². The summed E-state index contributed by atoms with van der Waals surface area (Å²) in [4.78, 5) is 12.7. The summed E-state index contributed by atoms with van der Waals surface area (Å²) in [5.74, 6) is 0.784. The third kappa shape index (κ3) is 2.64. The minimum atomic E-state index is 0.0881. The van der Waals surface area contributed by atoms with Gasteiger partial charge in [0.15, 0.2) is 0 Å². The summed E-state index contributed by atoms with van der Waals surface area (Å²) in [6.07, 6.45) is 6.69. The van der Waals surface area contributed by atoms with Crippen LogP contribution in [-0.2, 0) is 4.79 Å². The molecule has 27 heavy (non-hydrogen) atoms. The maximum atomic E-state index is 12.7. The zero-order valence-corrected chi connectivity index (χ0v) is 15.6. The van der Waals surface area contributed by atoms with Gasteiger partial charge in [-0.3, -0.25) is 4.79 Å². The lowest BCUT2D eigenvalue weighted by Gasteiger charge is -2.15. The quantitative estimate of drug-likeness (QED) is 0.388. The van der Waals surface area contributed by atoms with Crippen LogP contribution >= 0.6 is 0 Å². The van der Waals surface area contributed by atoms with Crippen LogP contribution in [0.15, 0.2) is 59.7 Å². The maximum absolute atomic E-state index is 12.7. The molecule has 2 aliphatic rings. The normalized spacial score (nSPS) is 27.0. The second kappa shape index (κ2) is 6.19. The van der Waals surface area contributed by atoms with Crippen LogP contribution in [0.1, 0.15) is 38.2 Å². The molecule has 2 aliphatic carbocycles. The molecule has 0 spiro atoms. The molecule has 0 unspecified atom stereocenters. The minimum Gasteiger partial charge on any atom is -0.273 e. The lowest BCUT2D eigenvalue weighted by atomic mass is 9.90. The molecule has 3 aromatic rings. The van der Waals surface area contributed by atoms with E-state index in [2.05, 4.69) is 59.9 Å². The van der Waals surface area contributed by atoms with Crippen molar-refractivity contribution in [2.75, 3.05) is 0 Å². The van der Waals surface area contributed by atoms with Gasteiger partial charge in [0, 0.05) is 11.5 Å². The minimum absolute atomic E-state index is 0.0881. The summed E-state index contributed by atoms with van der Waals surface area (Å²) in [6.45, 7) is 2.27. The third-order valence-corrected chi connectivity index (χ3v) is 6.80. The number of benzene rings is 3. The van der Waals surface area contributed by atoms with Crippen molar-refractivity contribution in [1.29, 1.82) is 0 Å². The standard InChI is InChI=1S/C24H24N2O/c1-24-13-7-6-12-21(24)22(24)23(27)26-25-15-20-18-10-4-2-8-16(18)14-17-9-3-5-11-19(17)20/h2-5,8-11,14-15,21-22H,6-7,12-13H2,1H3,(H,26,27)/b25-15-/t21-,22-,24+/m1/s1. The van der Waals surface area contributed by atoms with E-state index in [9.17, 15) is 4.79 Å². The van der Waals surface area contributed by atoms with Crippen molar-refractivity contribution in [2.45, 2.75) is 32.6 Å². The van der Waals surface area contributed by atoms with Gasteiger partial charge < -0.3 is 0 Å². The molecule has 1 N–H and O–H groups in total. The molecule has 3 nitrogen and oxygen atoms in total. The molecule has 3 heteroatoms. The van der Waals surface area contributed by atoms with Gasteiger partial charge in [0.05, 0.1) is 6.21 Å². The first-order valence-electron chi connectivity index (χ1n) is 9.92. The van der Waals surface area contributed by atoms with Gasteiger partial charge in [-0.05, 0) is 51.8 Å². The zero-order chi connectivity index (χ0) is 18.4. The van der Waals surface area contributed by atoms with Crippen LogP contribution in [-0.4, -0.2) is 12.1 Å². The Balaban J connectivity index is 1.44. The number of amides is 1. The Labute approximate surface area is 159 Å². The largest absolute Gasteiger partial charge is 0.273 e. The van der Waals surface area contributed by atoms with Crippen molar-refractivity contribution in [2.24, 2.45) is 22.4 Å². The molecule has 2 fully saturated rings. The molecule has 0 radical (unpaired) electrons. The molecule has 0 aromatic heterocycles. The number of hydrogen-bond acceptors (Lipinski definition) is 2. The monoisotopic (exact) mass is 356 g/mol. The fraction of sp³-hybridized carbons (Fsp3) is 0.333. The summed E-state index contributed by atoms with van der Waals surface area (Å²) in [5, 5.41) is 9.05. The van der Waals surface area contributed by atoms with Gasteiger partial charge in [0.1, 0.15) is 0 Å². The highest BCUT2D eigenvalue weighted by molar-refractivity contribution is 6.13. The van der Waals surface area contributed by atoms with Crippen LogP contribution in [0.5, 0.6) is 0 Å². The molecule has 3 atom stereocenters. The van der Waals surface area contributed by atoms with Crippen LogP contribution in [0.3, 0.4) is 0 Å². The van der Waals surface area contributed by atoms with Gasteiger partial charge in [-0.2, -0.15) is 5.10 Å². The summed E-state index contributed by atoms with van der Waals surface area (Å²) >= 11 is 0. The van der Waals surface area contributed by atoms with Gasteiger partial charge in [-0.1, -0.05) is 68.3 Å². The van der Waals surface area contributed by atoms with Crippen molar-refractivity contribution >= 4 is 33.7 Å². The van der Waals surface area contributed by atoms with E-state index in [1.807, 2.05) is 18.3 Å². The zero-order valence-electron chi connectivity index (χ0n) is 15.6. The van der Waals surface area contributed by atoms with E-state index in [0.717, 1.165) is 16.3 Å². The van der Waals surface area contributed by atoms with Gasteiger partial charge in [-0.25, -0.2) is 5.43 Å². The van der Waals surface area contributed by atoms with Gasteiger partial charge in [-0.15, -0.1) is 0 Å². The van der Waals surface area contributed by atoms with Gasteiger partial charge >= 0.3 is 0 Å². The van der Waals surface area contributed by atoms with E-state index in [-0.39, 0.29) is 17.2 Å².